The number of oxime groups is 1. The number of ether oxygens (including phenoxy) is 1. The van der Waals surface area contributed by atoms with Gasteiger partial charge in [-0.15, -0.1) is 0 Å². The summed E-state index contributed by atoms with van der Waals surface area (Å²) in [5, 5.41) is 22.2. The molecule has 1 aromatic carbocycles. The van der Waals surface area contributed by atoms with Crippen molar-refractivity contribution in [2.24, 2.45) is 17.0 Å². The fraction of sp³-hybridized carbons (Fsp3) is 0.636. The van der Waals surface area contributed by atoms with E-state index >= 15 is 0 Å². The highest BCUT2D eigenvalue weighted by atomic mass is 35.5. The summed E-state index contributed by atoms with van der Waals surface area (Å²) in [5.74, 6) is 1.04. The summed E-state index contributed by atoms with van der Waals surface area (Å²) >= 11 is 5.96. The minimum Gasteiger partial charge on any atom is -0.494 e. The highest BCUT2D eigenvalue weighted by molar-refractivity contribution is 6.30. The molecular formula is C22H32ClNO4. The molecule has 1 saturated carbocycles. The van der Waals surface area contributed by atoms with E-state index in [1.165, 1.54) is 0 Å². The number of carboxylic acid groups (broad SMARTS) is 1. The van der Waals surface area contributed by atoms with Crippen LogP contribution in [0, 0.1) is 11.8 Å². The molecule has 1 aliphatic carbocycles. The lowest BCUT2D eigenvalue weighted by molar-refractivity contribution is -0.137. The SMILES string of the molecule is O=C(O)CCCCCC[C@H]1CC/C(=N/O)[C@@H]1CCCCOc1cccc(Cl)c1. The second kappa shape index (κ2) is 12.7. The molecule has 0 unspecified atom stereocenters. The Morgan fingerprint density at radius 3 is 2.68 bits per heavy atom. The molecule has 5 nitrogen and oxygen atoms in total. The Kier molecular flexibility index (Phi) is 10.2. The Bertz CT molecular complexity index is 635. The standard InChI is InChI=1S/C22H32ClNO4/c23-18-9-7-10-19(16-18)28-15-6-5-11-20-17(13-14-21(20)24-27)8-3-1-2-4-12-22(25)26/h7,9-10,16-17,20,27H,1-6,8,11-15H2,(H,25,26)/b24-21-/t17-,20+/m0/s1. The van der Waals surface area contributed by atoms with Gasteiger partial charge in [0, 0.05) is 17.4 Å². The van der Waals surface area contributed by atoms with Gasteiger partial charge in [-0.1, -0.05) is 42.1 Å². The maximum absolute atomic E-state index is 10.5. The van der Waals surface area contributed by atoms with Crippen molar-refractivity contribution in [1.82, 2.24) is 0 Å². The predicted octanol–water partition coefficient (Wildman–Crippen LogP) is 6.17. The number of halogens is 1. The molecule has 1 fully saturated rings. The molecule has 0 heterocycles. The van der Waals surface area contributed by atoms with Crippen molar-refractivity contribution in [2.45, 2.75) is 70.6 Å². The third-order valence-electron chi connectivity index (χ3n) is 5.59. The molecule has 2 rings (SSSR count). The first-order valence-electron chi connectivity index (χ1n) is 10.4. The van der Waals surface area contributed by atoms with Crippen LogP contribution in [0.25, 0.3) is 0 Å². The van der Waals surface area contributed by atoms with Crippen LogP contribution in [-0.4, -0.2) is 28.6 Å². The first-order valence-corrected chi connectivity index (χ1v) is 10.8. The molecule has 0 saturated heterocycles. The fourth-order valence-electron chi connectivity index (χ4n) is 4.11. The van der Waals surface area contributed by atoms with E-state index in [0.717, 1.165) is 75.7 Å². The van der Waals surface area contributed by atoms with Crippen molar-refractivity contribution in [3.05, 3.63) is 29.3 Å². The lowest BCUT2D eigenvalue weighted by Crippen LogP contribution is -2.15. The van der Waals surface area contributed by atoms with Gasteiger partial charge in [0.25, 0.3) is 0 Å². The van der Waals surface area contributed by atoms with Crippen LogP contribution in [0.1, 0.15) is 70.6 Å². The number of hydrogen-bond donors (Lipinski definition) is 2. The average molecular weight is 410 g/mol. The van der Waals surface area contributed by atoms with E-state index in [1.807, 2.05) is 24.3 Å². The molecule has 0 aliphatic heterocycles. The molecule has 1 aromatic rings. The lowest BCUT2D eigenvalue weighted by atomic mass is 9.86. The van der Waals surface area contributed by atoms with Gasteiger partial charge in [-0.3, -0.25) is 4.79 Å². The summed E-state index contributed by atoms with van der Waals surface area (Å²) in [7, 11) is 0. The van der Waals surface area contributed by atoms with E-state index in [-0.39, 0.29) is 6.42 Å². The van der Waals surface area contributed by atoms with Crippen molar-refractivity contribution >= 4 is 23.3 Å². The number of unbranched alkanes of at least 4 members (excludes halogenated alkanes) is 4. The van der Waals surface area contributed by atoms with Crippen LogP contribution in [0.15, 0.2) is 29.4 Å². The van der Waals surface area contributed by atoms with Crippen LogP contribution in [0.2, 0.25) is 5.02 Å². The zero-order valence-electron chi connectivity index (χ0n) is 16.5. The molecule has 0 radical (unpaired) electrons. The number of aliphatic carboxylic acids is 1. The minimum absolute atomic E-state index is 0.268. The van der Waals surface area contributed by atoms with Gasteiger partial charge in [0.15, 0.2) is 0 Å². The summed E-state index contributed by atoms with van der Waals surface area (Å²) in [5.41, 5.74) is 0.951. The number of benzene rings is 1. The first kappa shape index (κ1) is 22.5. The first-order chi connectivity index (χ1) is 13.6. The normalized spacial score (nSPS) is 20.5. The monoisotopic (exact) mass is 409 g/mol. The summed E-state index contributed by atoms with van der Waals surface area (Å²) in [4.78, 5) is 10.5. The van der Waals surface area contributed by atoms with Gasteiger partial charge in [-0.25, -0.2) is 0 Å². The zero-order chi connectivity index (χ0) is 20.2. The van der Waals surface area contributed by atoms with Gasteiger partial charge in [0.2, 0.25) is 0 Å². The van der Waals surface area contributed by atoms with Crippen molar-refractivity contribution in [1.29, 1.82) is 0 Å². The molecule has 0 amide bonds. The van der Waals surface area contributed by atoms with E-state index in [2.05, 4.69) is 5.16 Å². The number of rotatable bonds is 13. The Morgan fingerprint density at radius 2 is 1.93 bits per heavy atom. The highest BCUT2D eigenvalue weighted by Gasteiger charge is 2.32. The third kappa shape index (κ3) is 8.09. The van der Waals surface area contributed by atoms with Gasteiger partial charge in [0.05, 0.1) is 12.3 Å². The molecule has 0 spiro atoms. The molecule has 2 atom stereocenters. The van der Waals surface area contributed by atoms with Crippen LogP contribution >= 0.6 is 11.6 Å². The zero-order valence-corrected chi connectivity index (χ0v) is 17.2. The van der Waals surface area contributed by atoms with Crippen LogP contribution in [0.5, 0.6) is 5.75 Å². The number of hydrogen-bond acceptors (Lipinski definition) is 4. The van der Waals surface area contributed by atoms with E-state index in [4.69, 9.17) is 21.4 Å². The maximum atomic E-state index is 10.5. The molecule has 156 valence electrons. The number of carbonyl (C=O) groups is 1. The molecule has 0 bridgehead atoms. The van der Waals surface area contributed by atoms with Crippen LogP contribution in [0.3, 0.4) is 0 Å². The molecule has 28 heavy (non-hydrogen) atoms. The molecule has 0 aromatic heterocycles. The van der Waals surface area contributed by atoms with Crippen LogP contribution in [-0.2, 0) is 4.79 Å². The Labute approximate surface area is 172 Å². The van der Waals surface area contributed by atoms with E-state index in [1.54, 1.807) is 0 Å². The predicted molar refractivity (Wildman–Crippen MR) is 112 cm³/mol. The molecule has 6 heteroatoms. The van der Waals surface area contributed by atoms with Gasteiger partial charge in [0.1, 0.15) is 5.75 Å². The topological polar surface area (TPSA) is 79.1 Å². The molecule has 1 aliphatic rings. The smallest absolute Gasteiger partial charge is 0.303 e. The van der Waals surface area contributed by atoms with Crippen molar-refractivity contribution in [3.63, 3.8) is 0 Å². The summed E-state index contributed by atoms with van der Waals surface area (Å²) in [6.07, 6.45) is 10.4. The Morgan fingerprint density at radius 1 is 1.14 bits per heavy atom. The quantitative estimate of drug-likeness (QED) is 0.232. The molecule has 2 N–H and O–H groups in total. The Hall–Kier alpha value is -1.75. The minimum atomic E-state index is -0.709. The fourth-order valence-corrected chi connectivity index (χ4v) is 4.29. The Balaban J connectivity index is 1.64. The average Bonchev–Trinajstić information content (AvgIpc) is 3.06. The van der Waals surface area contributed by atoms with E-state index in [0.29, 0.717) is 23.5 Å². The second-order valence-corrected chi connectivity index (χ2v) is 8.08. The van der Waals surface area contributed by atoms with Crippen LogP contribution in [0.4, 0.5) is 0 Å². The van der Waals surface area contributed by atoms with Gasteiger partial charge < -0.3 is 15.1 Å². The van der Waals surface area contributed by atoms with E-state index < -0.39 is 5.97 Å². The number of carboxylic acids is 1. The molecular weight excluding hydrogens is 378 g/mol. The van der Waals surface area contributed by atoms with Gasteiger partial charge in [-0.2, -0.15) is 0 Å². The summed E-state index contributed by atoms with van der Waals surface area (Å²) in [6.45, 7) is 0.660. The second-order valence-electron chi connectivity index (χ2n) is 7.64. The highest BCUT2D eigenvalue weighted by Crippen LogP contribution is 2.37. The summed E-state index contributed by atoms with van der Waals surface area (Å²) in [6, 6.07) is 7.44. The number of nitrogens with zero attached hydrogens (tertiary/aromatic N) is 1. The summed E-state index contributed by atoms with van der Waals surface area (Å²) < 4.78 is 5.74. The van der Waals surface area contributed by atoms with Gasteiger partial charge in [-0.05, 0) is 69.1 Å². The lowest BCUT2D eigenvalue weighted by Gasteiger charge is -2.19. The van der Waals surface area contributed by atoms with E-state index in [9.17, 15) is 10.0 Å². The van der Waals surface area contributed by atoms with Crippen LogP contribution < -0.4 is 4.74 Å². The maximum Gasteiger partial charge on any atom is 0.303 e. The van der Waals surface area contributed by atoms with Gasteiger partial charge >= 0.3 is 5.97 Å². The van der Waals surface area contributed by atoms with Crippen molar-refractivity contribution in [3.8, 4) is 5.75 Å². The van der Waals surface area contributed by atoms with Crippen molar-refractivity contribution < 1.29 is 19.8 Å². The third-order valence-corrected chi connectivity index (χ3v) is 5.82. The van der Waals surface area contributed by atoms with Crippen molar-refractivity contribution in [2.75, 3.05) is 6.61 Å². The largest absolute Gasteiger partial charge is 0.494 e.